The van der Waals surface area contributed by atoms with E-state index in [0.29, 0.717) is 24.5 Å². The molecule has 3 rings (SSSR count). The van der Waals surface area contributed by atoms with E-state index in [4.69, 9.17) is 9.47 Å². The predicted octanol–water partition coefficient (Wildman–Crippen LogP) is 2.35. The number of hydrogen-bond donors (Lipinski definition) is 1. The average molecular weight is 341 g/mol. The number of carbonyl (C=O) groups excluding carboxylic acids is 1. The molecule has 132 valence electrons. The molecule has 0 spiro atoms. The van der Waals surface area contributed by atoms with Gasteiger partial charge in [-0.1, -0.05) is 6.07 Å². The number of pyridine rings is 1. The lowest BCUT2D eigenvalue weighted by molar-refractivity contribution is -0.129. The molecule has 1 saturated heterocycles. The molecule has 0 saturated carbocycles. The summed E-state index contributed by atoms with van der Waals surface area (Å²) in [5.41, 5.74) is 1.91. The fourth-order valence-electron chi connectivity index (χ4n) is 3.07. The van der Waals surface area contributed by atoms with Crippen molar-refractivity contribution in [2.75, 3.05) is 32.6 Å². The molecule has 6 nitrogen and oxygen atoms in total. The number of rotatable bonds is 6. The molecule has 1 aromatic heterocycles. The SMILES string of the molecule is COc1ccc(CC(=O)N2CC[C@@H](Nc3cccnc3)C2)cc1OC. The second-order valence-corrected chi connectivity index (χ2v) is 6.08. The van der Waals surface area contributed by atoms with E-state index < -0.39 is 0 Å². The summed E-state index contributed by atoms with van der Waals surface area (Å²) in [4.78, 5) is 18.6. The highest BCUT2D eigenvalue weighted by atomic mass is 16.5. The smallest absolute Gasteiger partial charge is 0.227 e. The van der Waals surface area contributed by atoms with Gasteiger partial charge in [-0.25, -0.2) is 0 Å². The summed E-state index contributed by atoms with van der Waals surface area (Å²) in [6, 6.07) is 9.74. The number of ether oxygens (including phenoxy) is 2. The molecule has 2 heterocycles. The number of nitrogens with zero attached hydrogens (tertiary/aromatic N) is 2. The fourth-order valence-corrected chi connectivity index (χ4v) is 3.07. The minimum atomic E-state index is 0.128. The number of likely N-dealkylation sites (tertiary alicyclic amines) is 1. The van der Waals surface area contributed by atoms with Gasteiger partial charge in [0, 0.05) is 31.5 Å². The molecule has 0 bridgehead atoms. The van der Waals surface area contributed by atoms with Crippen molar-refractivity contribution in [3.63, 3.8) is 0 Å². The van der Waals surface area contributed by atoms with Gasteiger partial charge in [-0.15, -0.1) is 0 Å². The molecular weight excluding hydrogens is 318 g/mol. The Hall–Kier alpha value is -2.76. The molecule has 1 fully saturated rings. The molecule has 1 aliphatic heterocycles. The van der Waals surface area contributed by atoms with Gasteiger partial charge in [-0.2, -0.15) is 0 Å². The molecule has 25 heavy (non-hydrogen) atoms. The Labute approximate surface area is 147 Å². The van der Waals surface area contributed by atoms with Crippen molar-refractivity contribution < 1.29 is 14.3 Å². The maximum absolute atomic E-state index is 12.6. The number of benzene rings is 1. The van der Waals surface area contributed by atoms with Crippen LogP contribution in [0.2, 0.25) is 0 Å². The van der Waals surface area contributed by atoms with Gasteiger partial charge in [0.05, 0.1) is 26.3 Å². The molecule has 0 radical (unpaired) electrons. The van der Waals surface area contributed by atoms with E-state index >= 15 is 0 Å². The molecule has 1 aromatic carbocycles. The lowest BCUT2D eigenvalue weighted by Gasteiger charge is -2.18. The number of aromatic nitrogens is 1. The summed E-state index contributed by atoms with van der Waals surface area (Å²) in [6.45, 7) is 1.48. The standard InChI is InChI=1S/C19H23N3O3/c1-24-17-6-5-14(10-18(17)25-2)11-19(23)22-9-7-16(13-22)21-15-4-3-8-20-12-15/h3-6,8,10,12,16,21H,7,9,11,13H2,1-2H3/t16-/m1/s1. The zero-order chi connectivity index (χ0) is 17.6. The van der Waals surface area contributed by atoms with Crippen molar-refractivity contribution in [2.45, 2.75) is 18.9 Å². The molecule has 1 amide bonds. The van der Waals surface area contributed by atoms with E-state index in [1.165, 1.54) is 0 Å². The molecule has 0 aliphatic carbocycles. The number of amides is 1. The molecule has 0 unspecified atom stereocenters. The van der Waals surface area contributed by atoms with Crippen LogP contribution in [0.15, 0.2) is 42.7 Å². The van der Waals surface area contributed by atoms with Crippen LogP contribution in [0.1, 0.15) is 12.0 Å². The molecule has 2 aromatic rings. The fraction of sp³-hybridized carbons (Fsp3) is 0.368. The Morgan fingerprint density at radius 2 is 2.12 bits per heavy atom. The van der Waals surface area contributed by atoms with E-state index in [1.807, 2.05) is 35.2 Å². The summed E-state index contributed by atoms with van der Waals surface area (Å²) < 4.78 is 10.5. The van der Waals surface area contributed by atoms with Gasteiger partial charge >= 0.3 is 0 Å². The highest BCUT2D eigenvalue weighted by molar-refractivity contribution is 5.79. The highest BCUT2D eigenvalue weighted by Gasteiger charge is 2.26. The second kappa shape index (κ2) is 7.88. The number of hydrogen-bond acceptors (Lipinski definition) is 5. The molecule has 1 atom stereocenters. The van der Waals surface area contributed by atoms with Crippen molar-refractivity contribution in [3.05, 3.63) is 48.3 Å². The first kappa shape index (κ1) is 17.1. The molecule has 1 aliphatic rings. The largest absolute Gasteiger partial charge is 0.493 e. The van der Waals surface area contributed by atoms with Crippen LogP contribution in [0.3, 0.4) is 0 Å². The Morgan fingerprint density at radius 3 is 2.84 bits per heavy atom. The predicted molar refractivity (Wildman–Crippen MR) is 96.1 cm³/mol. The Morgan fingerprint density at radius 1 is 1.28 bits per heavy atom. The number of carbonyl (C=O) groups is 1. The maximum Gasteiger partial charge on any atom is 0.227 e. The summed E-state index contributed by atoms with van der Waals surface area (Å²) in [5, 5.41) is 3.43. The summed E-state index contributed by atoms with van der Waals surface area (Å²) in [7, 11) is 3.20. The zero-order valence-electron chi connectivity index (χ0n) is 14.6. The summed E-state index contributed by atoms with van der Waals surface area (Å²) >= 11 is 0. The summed E-state index contributed by atoms with van der Waals surface area (Å²) in [6.07, 6.45) is 4.85. The van der Waals surface area contributed by atoms with Crippen LogP contribution >= 0.6 is 0 Å². The first-order valence-electron chi connectivity index (χ1n) is 8.35. The Bertz CT molecular complexity index is 721. The Kier molecular flexibility index (Phi) is 5.38. The van der Waals surface area contributed by atoms with Crippen molar-refractivity contribution in [3.8, 4) is 11.5 Å². The minimum absolute atomic E-state index is 0.128. The quantitative estimate of drug-likeness (QED) is 0.874. The lowest BCUT2D eigenvalue weighted by atomic mass is 10.1. The van der Waals surface area contributed by atoms with E-state index in [1.54, 1.807) is 26.6 Å². The number of nitrogens with one attached hydrogen (secondary N) is 1. The van der Waals surface area contributed by atoms with E-state index in [0.717, 1.165) is 24.2 Å². The highest BCUT2D eigenvalue weighted by Crippen LogP contribution is 2.28. The van der Waals surface area contributed by atoms with E-state index in [2.05, 4.69) is 10.3 Å². The van der Waals surface area contributed by atoms with E-state index in [-0.39, 0.29) is 11.9 Å². The second-order valence-electron chi connectivity index (χ2n) is 6.08. The monoisotopic (exact) mass is 341 g/mol. The molecular formula is C19H23N3O3. The van der Waals surface area contributed by atoms with Crippen molar-refractivity contribution in [1.82, 2.24) is 9.88 Å². The van der Waals surface area contributed by atoms with Crippen LogP contribution in [-0.2, 0) is 11.2 Å². The van der Waals surface area contributed by atoms with Gasteiger partial charge in [-0.05, 0) is 36.2 Å². The van der Waals surface area contributed by atoms with Crippen molar-refractivity contribution in [1.29, 1.82) is 0 Å². The molecule has 1 N–H and O–H groups in total. The molecule has 6 heteroatoms. The van der Waals surface area contributed by atoms with E-state index in [9.17, 15) is 4.79 Å². The van der Waals surface area contributed by atoms with Crippen LogP contribution in [0.25, 0.3) is 0 Å². The number of methoxy groups -OCH3 is 2. The average Bonchev–Trinajstić information content (AvgIpc) is 3.11. The van der Waals surface area contributed by atoms with Crippen molar-refractivity contribution >= 4 is 11.6 Å². The topological polar surface area (TPSA) is 63.7 Å². The van der Waals surface area contributed by atoms with Crippen molar-refractivity contribution in [2.24, 2.45) is 0 Å². The first-order chi connectivity index (χ1) is 12.2. The van der Waals surface area contributed by atoms with Crippen LogP contribution in [0.5, 0.6) is 11.5 Å². The third-order valence-corrected chi connectivity index (χ3v) is 4.38. The van der Waals surface area contributed by atoms with Gasteiger partial charge in [0.1, 0.15) is 0 Å². The van der Waals surface area contributed by atoms with Gasteiger partial charge < -0.3 is 19.7 Å². The van der Waals surface area contributed by atoms with Gasteiger partial charge in [-0.3, -0.25) is 9.78 Å². The lowest BCUT2D eigenvalue weighted by Crippen LogP contribution is -2.32. The third kappa shape index (κ3) is 4.21. The maximum atomic E-state index is 12.6. The zero-order valence-corrected chi connectivity index (χ0v) is 14.6. The van der Waals surface area contributed by atoms with Crippen LogP contribution in [0, 0.1) is 0 Å². The van der Waals surface area contributed by atoms with Gasteiger partial charge in [0.25, 0.3) is 0 Å². The van der Waals surface area contributed by atoms with Crippen LogP contribution in [0.4, 0.5) is 5.69 Å². The summed E-state index contributed by atoms with van der Waals surface area (Å²) in [5.74, 6) is 1.44. The van der Waals surface area contributed by atoms with Gasteiger partial charge in [0.2, 0.25) is 5.91 Å². The van der Waals surface area contributed by atoms with Crippen LogP contribution in [-0.4, -0.2) is 49.1 Å². The van der Waals surface area contributed by atoms with Crippen LogP contribution < -0.4 is 14.8 Å². The Balaban J connectivity index is 1.57. The third-order valence-electron chi connectivity index (χ3n) is 4.38. The first-order valence-corrected chi connectivity index (χ1v) is 8.35. The van der Waals surface area contributed by atoms with Gasteiger partial charge in [0.15, 0.2) is 11.5 Å². The number of anilines is 1. The normalized spacial score (nSPS) is 16.6. The minimum Gasteiger partial charge on any atom is -0.493 e.